The van der Waals surface area contributed by atoms with Gasteiger partial charge >= 0.3 is 5.97 Å². The summed E-state index contributed by atoms with van der Waals surface area (Å²) in [5.74, 6) is 4.20. The molecule has 1 aliphatic rings. The molecular formula is C28H29F2N3O3. The second-order valence-electron chi connectivity index (χ2n) is 9.13. The van der Waals surface area contributed by atoms with E-state index >= 15 is 0 Å². The fraction of sp³-hybridized carbons (Fsp3) is 0.357. The lowest BCUT2D eigenvalue weighted by atomic mass is 9.81. The Hall–Kier alpha value is -3.54. The maximum atomic E-state index is 14.8. The number of ether oxygens (including phenoxy) is 1. The van der Waals surface area contributed by atoms with Crippen LogP contribution in [0.25, 0.3) is 10.9 Å². The van der Waals surface area contributed by atoms with Crippen LogP contribution < -0.4 is 10.5 Å². The minimum atomic E-state index is -0.860. The lowest BCUT2D eigenvalue weighted by Gasteiger charge is -2.36. The second-order valence-corrected chi connectivity index (χ2v) is 9.13. The Morgan fingerprint density at radius 3 is 2.89 bits per heavy atom. The lowest BCUT2D eigenvalue weighted by Crippen LogP contribution is -2.44. The van der Waals surface area contributed by atoms with Crippen molar-refractivity contribution in [2.45, 2.75) is 25.3 Å². The number of carboxylic acid groups (broad SMARTS) is 1. The van der Waals surface area contributed by atoms with Gasteiger partial charge in [0, 0.05) is 29.1 Å². The van der Waals surface area contributed by atoms with Gasteiger partial charge in [0.15, 0.2) is 0 Å². The van der Waals surface area contributed by atoms with Crippen LogP contribution in [0.1, 0.15) is 36.4 Å². The Bertz CT molecular complexity index is 1300. The lowest BCUT2D eigenvalue weighted by molar-refractivity contribution is -0.146. The summed E-state index contributed by atoms with van der Waals surface area (Å²) in [5.41, 5.74) is 8.02. The van der Waals surface area contributed by atoms with Crippen molar-refractivity contribution in [2.75, 3.05) is 26.7 Å². The van der Waals surface area contributed by atoms with Crippen molar-refractivity contribution >= 4 is 16.9 Å². The molecule has 1 aliphatic heterocycles. The highest BCUT2D eigenvalue weighted by Gasteiger charge is 2.34. The van der Waals surface area contributed by atoms with E-state index in [1.165, 1.54) is 18.3 Å². The van der Waals surface area contributed by atoms with Gasteiger partial charge in [-0.1, -0.05) is 17.9 Å². The van der Waals surface area contributed by atoms with E-state index in [4.69, 9.17) is 10.5 Å². The van der Waals surface area contributed by atoms with Crippen molar-refractivity contribution in [1.82, 2.24) is 9.88 Å². The van der Waals surface area contributed by atoms with E-state index < -0.39 is 23.7 Å². The van der Waals surface area contributed by atoms with Gasteiger partial charge in [-0.05, 0) is 68.1 Å². The number of nitrogens with zero attached hydrogens (tertiary/aromatic N) is 2. The van der Waals surface area contributed by atoms with Gasteiger partial charge in [-0.2, -0.15) is 0 Å². The average Bonchev–Trinajstić information content (AvgIpc) is 2.87. The Balaban J connectivity index is 1.41. The molecule has 0 saturated carbocycles. The van der Waals surface area contributed by atoms with Crippen LogP contribution in [0.2, 0.25) is 0 Å². The number of benzene rings is 2. The average molecular weight is 494 g/mol. The van der Waals surface area contributed by atoms with E-state index in [-0.39, 0.29) is 11.7 Å². The predicted molar refractivity (Wildman–Crippen MR) is 133 cm³/mol. The number of piperidine rings is 1. The summed E-state index contributed by atoms with van der Waals surface area (Å²) in [7, 11) is 1.54. The highest BCUT2D eigenvalue weighted by atomic mass is 19.1. The summed E-state index contributed by atoms with van der Waals surface area (Å²) in [6.45, 7) is 1.48. The number of rotatable bonds is 7. The van der Waals surface area contributed by atoms with Crippen molar-refractivity contribution < 1.29 is 23.4 Å². The number of halogens is 2. The van der Waals surface area contributed by atoms with Crippen LogP contribution in [0.15, 0.2) is 48.7 Å². The maximum absolute atomic E-state index is 14.8. The predicted octanol–water partition coefficient (Wildman–Crippen LogP) is 4.38. The number of carboxylic acids is 1. The first-order valence-corrected chi connectivity index (χ1v) is 11.9. The topological polar surface area (TPSA) is 88.7 Å². The summed E-state index contributed by atoms with van der Waals surface area (Å²) >= 11 is 0. The zero-order chi connectivity index (χ0) is 25.7. The first-order chi connectivity index (χ1) is 17.4. The molecule has 8 heteroatoms. The van der Waals surface area contributed by atoms with Gasteiger partial charge in [0.05, 0.1) is 31.3 Å². The molecule has 6 nitrogen and oxygen atoms in total. The molecule has 0 aliphatic carbocycles. The fourth-order valence-corrected chi connectivity index (χ4v) is 4.87. The Morgan fingerprint density at radius 1 is 1.31 bits per heavy atom. The molecule has 0 bridgehead atoms. The standard InChI is InChI=1S/C28H29F2N3O3/c1-36-21-8-10-26-22(15-21)27(24(30)16-32-26)25(31)9-7-19-11-13-33(17-23(19)28(34)35)12-3-5-18-4-2-6-20(29)14-18/h2,4,6,8,10,14-16,19,23,25H,7,9,11-13,17,31H2,1H3,(H,34,35)/t19?,23?,25-/m1/s1. The van der Waals surface area contributed by atoms with Crippen LogP contribution in [0.5, 0.6) is 5.75 Å². The highest BCUT2D eigenvalue weighted by molar-refractivity contribution is 5.84. The van der Waals surface area contributed by atoms with Gasteiger partial charge in [-0.15, -0.1) is 0 Å². The van der Waals surface area contributed by atoms with E-state index in [1.807, 2.05) is 4.90 Å². The van der Waals surface area contributed by atoms with E-state index in [0.717, 1.165) is 0 Å². The fourth-order valence-electron chi connectivity index (χ4n) is 4.87. The summed E-state index contributed by atoms with van der Waals surface area (Å²) in [5, 5.41) is 10.5. The molecule has 36 heavy (non-hydrogen) atoms. The van der Waals surface area contributed by atoms with Gasteiger partial charge in [-0.25, -0.2) is 8.78 Å². The van der Waals surface area contributed by atoms with E-state index in [9.17, 15) is 18.7 Å². The number of carbonyl (C=O) groups is 1. The first-order valence-electron chi connectivity index (χ1n) is 11.9. The Labute approximate surface area is 209 Å². The minimum Gasteiger partial charge on any atom is -0.497 e. The largest absolute Gasteiger partial charge is 0.497 e. The van der Waals surface area contributed by atoms with Crippen molar-refractivity contribution in [3.63, 3.8) is 0 Å². The molecule has 4 rings (SSSR count). The van der Waals surface area contributed by atoms with E-state index in [1.54, 1.807) is 37.4 Å². The van der Waals surface area contributed by atoms with Crippen molar-refractivity contribution in [3.05, 3.63) is 71.4 Å². The molecule has 1 aromatic heterocycles. The molecule has 3 N–H and O–H groups in total. The minimum absolute atomic E-state index is 0.0772. The van der Waals surface area contributed by atoms with Crippen LogP contribution in [0.3, 0.4) is 0 Å². The van der Waals surface area contributed by atoms with E-state index in [0.29, 0.717) is 66.7 Å². The number of hydrogen-bond acceptors (Lipinski definition) is 5. The third-order valence-corrected chi connectivity index (χ3v) is 6.80. The molecule has 3 aromatic rings. The van der Waals surface area contributed by atoms with Gasteiger partial charge < -0.3 is 15.6 Å². The van der Waals surface area contributed by atoms with Crippen LogP contribution >= 0.6 is 0 Å². The summed E-state index contributed by atoms with van der Waals surface area (Å²) < 4.78 is 33.4. The Kier molecular flexibility index (Phi) is 8.14. The molecule has 1 saturated heterocycles. The maximum Gasteiger partial charge on any atom is 0.308 e. The van der Waals surface area contributed by atoms with Crippen LogP contribution in [0.4, 0.5) is 8.78 Å². The van der Waals surface area contributed by atoms with Gasteiger partial charge in [0.25, 0.3) is 0 Å². The molecule has 188 valence electrons. The second kappa shape index (κ2) is 11.5. The molecular weight excluding hydrogens is 464 g/mol. The quantitative estimate of drug-likeness (QED) is 0.475. The number of aromatic nitrogens is 1. The molecule has 2 unspecified atom stereocenters. The van der Waals surface area contributed by atoms with Crippen LogP contribution in [-0.4, -0.2) is 47.7 Å². The van der Waals surface area contributed by atoms with Gasteiger partial charge in [0.1, 0.15) is 17.4 Å². The molecule has 1 fully saturated rings. The third-order valence-electron chi connectivity index (χ3n) is 6.80. The van der Waals surface area contributed by atoms with Crippen molar-refractivity contribution in [3.8, 4) is 17.6 Å². The number of hydrogen-bond donors (Lipinski definition) is 2. The monoisotopic (exact) mass is 493 g/mol. The van der Waals surface area contributed by atoms with Gasteiger partial charge in [-0.3, -0.25) is 14.7 Å². The summed E-state index contributed by atoms with van der Waals surface area (Å²) in [6.07, 6.45) is 2.86. The van der Waals surface area contributed by atoms with Crippen LogP contribution in [-0.2, 0) is 4.79 Å². The summed E-state index contributed by atoms with van der Waals surface area (Å²) in [6, 6.07) is 10.7. The molecule has 3 atom stereocenters. The summed E-state index contributed by atoms with van der Waals surface area (Å²) in [4.78, 5) is 18.2. The number of likely N-dealkylation sites (tertiary alicyclic amines) is 1. The molecule has 0 radical (unpaired) electrons. The smallest absolute Gasteiger partial charge is 0.308 e. The number of pyridine rings is 1. The first kappa shape index (κ1) is 25.5. The zero-order valence-corrected chi connectivity index (χ0v) is 20.1. The highest BCUT2D eigenvalue weighted by Crippen LogP contribution is 2.34. The normalized spacial score (nSPS) is 18.9. The number of nitrogens with two attached hydrogens (primary N) is 1. The SMILES string of the molecule is COc1ccc2ncc(F)c([C@H](N)CCC3CCN(CC#Cc4cccc(F)c4)CC3C(=O)O)c2c1. The molecule has 0 spiro atoms. The van der Waals surface area contributed by atoms with Gasteiger partial charge in [0.2, 0.25) is 0 Å². The number of fused-ring (bicyclic) bond motifs is 1. The number of aliphatic carboxylic acids is 1. The number of methoxy groups -OCH3 is 1. The Morgan fingerprint density at radius 2 is 2.14 bits per heavy atom. The van der Waals surface area contributed by atoms with E-state index in [2.05, 4.69) is 16.8 Å². The zero-order valence-electron chi connectivity index (χ0n) is 20.1. The third kappa shape index (κ3) is 5.99. The molecule has 0 amide bonds. The van der Waals surface area contributed by atoms with Crippen molar-refractivity contribution in [1.29, 1.82) is 0 Å². The van der Waals surface area contributed by atoms with Crippen molar-refractivity contribution in [2.24, 2.45) is 17.6 Å². The molecule has 2 heterocycles. The van der Waals surface area contributed by atoms with Crippen LogP contribution in [0, 0.1) is 35.3 Å². The molecule has 2 aromatic carbocycles.